The zero-order valence-electron chi connectivity index (χ0n) is 18.1. The van der Waals surface area contributed by atoms with Crippen molar-refractivity contribution < 1.29 is 27.4 Å². The molecule has 2 N–H and O–H groups in total. The number of phenolic OH excluding ortho intramolecular Hbond substituents is 1. The maximum atomic E-state index is 13.2. The number of benzene rings is 2. The number of sulfonamides is 1. The summed E-state index contributed by atoms with van der Waals surface area (Å²) in [6.07, 6.45) is 6.99. The van der Waals surface area contributed by atoms with Gasteiger partial charge in [0.05, 0.1) is 30.9 Å². The Labute approximate surface area is 191 Å². The summed E-state index contributed by atoms with van der Waals surface area (Å²) in [6.45, 7) is 1.75. The van der Waals surface area contributed by atoms with E-state index in [-0.39, 0.29) is 34.9 Å². The lowest BCUT2D eigenvalue weighted by molar-refractivity contribution is 0.287. The Balaban J connectivity index is 1.42. The van der Waals surface area contributed by atoms with E-state index in [1.165, 1.54) is 31.4 Å². The monoisotopic (exact) mass is 473 g/mol. The quantitative estimate of drug-likeness (QED) is 0.515. The van der Waals surface area contributed by atoms with Crippen LogP contribution in [0.3, 0.4) is 0 Å². The number of methoxy groups -OCH3 is 1. The molecule has 33 heavy (non-hydrogen) atoms. The number of nitrogens with one attached hydrogen (secondary N) is 1. The van der Waals surface area contributed by atoms with Crippen LogP contribution in [0.4, 0.5) is 4.39 Å². The molecule has 3 aromatic rings. The molecule has 0 amide bonds. The van der Waals surface area contributed by atoms with Crippen molar-refractivity contribution in [3.63, 3.8) is 0 Å². The Morgan fingerprint density at radius 3 is 2.85 bits per heavy atom. The molecule has 1 heterocycles. The van der Waals surface area contributed by atoms with E-state index in [4.69, 9.17) is 9.47 Å². The molecule has 1 aliphatic rings. The number of halogens is 1. The summed E-state index contributed by atoms with van der Waals surface area (Å²) in [6, 6.07) is 8.72. The molecule has 0 saturated heterocycles. The first-order chi connectivity index (χ1) is 15.8. The minimum atomic E-state index is -3.94. The van der Waals surface area contributed by atoms with E-state index < -0.39 is 16.1 Å². The predicted octanol–water partition coefficient (Wildman–Crippen LogP) is 3.85. The molecule has 2 aromatic carbocycles. The van der Waals surface area contributed by atoms with Crippen LogP contribution in [0.2, 0.25) is 0 Å². The normalized spacial score (nSPS) is 17.1. The second-order valence-corrected chi connectivity index (χ2v) is 9.41. The predicted molar refractivity (Wildman–Crippen MR) is 122 cm³/mol. The van der Waals surface area contributed by atoms with Crippen LogP contribution < -0.4 is 14.2 Å². The average Bonchev–Trinajstić information content (AvgIpc) is 3.21. The number of allylic oxidation sites excluding steroid dienone is 4. The van der Waals surface area contributed by atoms with Crippen molar-refractivity contribution in [2.75, 3.05) is 13.7 Å². The topological polar surface area (TPSA) is 103 Å². The van der Waals surface area contributed by atoms with E-state index in [1.54, 1.807) is 25.3 Å². The fraction of sp³-hybridized carbons (Fsp3) is 0.261. The van der Waals surface area contributed by atoms with Crippen LogP contribution in [0.1, 0.15) is 19.4 Å². The Morgan fingerprint density at radius 1 is 1.30 bits per heavy atom. The third-order valence-corrected chi connectivity index (χ3v) is 6.82. The van der Waals surface area contributed by atoms with Gasteiger partial charge in [-0.2, -0.15) is 5.10 Å². The molecule has 0 saturated carbocycles. The van der Waals surface area contributed by atoms with Gasteiger partial charge in [0.2, 0.25) is 10.0 Å². The third-order valence-electron chi connectivity index (χ3n) is 5.21. The maximum absolute atomic E-state index is 13.2. The van der Waals surface area contributed by atoms with Crippen LogP contribution in [0.25, 0.3) is 10.9 Å². The lowest BCUT2D eigenvalue weighted by Gasteiger charge is -2.17. The fourth-order valence-corrected chi connectivity index (χ4v) is 5.03. The second kappa shape index (κ2) is 9.24. The van der Waals surface area contributed by atoms with Gasteiger partial charge in [-0.25, -0.2) is 17.5 Å². The molecule has 1 aliphatic carbocycles. The van der Waals surface area contributed by atoms with Gasteiger partial charge >= 0.3 is 0 Å². The molecular weight excluding hydrogens is 449 g/mol. The Kier molecular flexibility index (Phi) is 6.39. The number of aromatic nitrogens is 2. The van der Waals surface area contributed by atoms with Crippen LogP contribution in [0, 0.1) is 0 Å². The second-order valence-electron chi connectivity index (χ2n) is 7.73. The number of rotatable bonds is 8. The first kappa shape index (κ1) is 22.8. The van der Waals surface area contributed by atoms with Crippen molar-refractivity contribution in [1.29, 1.82) is 0 Å². The summed E-state index contributed by atoms with van der Waals surface area (Å²) in [7, 11) is -2.59. The number of phenols is 1. The summed E-state index contributed by atoms with van der Waals surface area (Å²) in [5.74, 6) is 0.263. The highest BCUT2D eigenvalue weighted by Gasteiger charge is 2.23. The molecule has 0 aliphatic heterocycles. The first-order valence-electron chi connectivity index (χ1n) is 10.3. The van der Waals surface area contributed by atoms with Crippen LogP contribution in [0.5, 0.6) is 17.2 Å². The summed E-state index contributed by atoms with van der Waals surface area (Å²) in [5.41, 5.74) is 0.887. The maximum Gasteiger partial charge on any atom is 0.244 e. The minimum Gasteiger partial charge on any atom is -0.508 e. The Bertz CT molecular complexity index is 1330. The molecule has 10 heteroatoms. The molecule has 0 radical (unpaired) electrons. The van der Waals surface area contributed by atoms with Crippen molar-refractivity contribution in [2.24, 2.45) is 0 Å². The van der Waals surface area contributed by atoms with Crippen LogP contribution in [0.15, 0.2) is 71.5 Å². The molecule has 0 bridgehead atoms. The smallest absolute Gasteiger partial charge is 0.244 e. The molecule has 4 rings (SSSR count). The van der Waals surface area contributed by atoms with Crippen molar-refractivity contribution in [2.45, 2.75) is 30.3 Å². The summed E-state index contributed by atoms with van der Waals surface area (Å²) in [4.78, 5) is -0.155. The van der Waals surface area contributed by atoms with Gasteiger partial charge in [-0.3, -0.25) is 4.68 Å². The van der Waals surface area contributed by atoms with Gasteiger partial charge in [-0.05, 0) is 55.8 Å². The van der Waals surface area contributed by atoms with Crippen molar-refractivity contribution >= 4 is 20.9 Å². The lowest BCUT2D eigenvalue weighted by atomic mass is 10.1. The van der Waals surface area contributed by atoms with E-state index in [0.717, 1.165) is 17.0 Å². The molecule has 2 atom stereocenters. The highest BCUT2D eigenvalue weighted by atomic mass is 32.2. The van der Waals surface area contributed by atoms with E-state index in [9.17, 15) is 17.9 Å². The summed E-state index contributed by atoms with van der Waals surface area (Å²) in [5, 5.41) is 14.9. The summed E-state index contributed by atoms with van der Waals surface area (Å²) >= 11 is 0. The van der Waals surface area contributed by atoms with Gasteiger partial charge in [0.1, 0.15) is 34.6 Å². The molecular formula is C23H24FN3O5S. The first-order valence-corrected chi connectivity index (χ1v) is 11.8. The van der Waals surface area contributed by atoms with E-state index in [2.05, 4.69) is 9.82 Å². The number of hydrogen-bond donors (Lipinski definition) is 2. The van der Waals surface area contributed by atoms with E-state index in [1.807, 2.05) is 16.8 Å². The van der Waals surface area contributed by atoms with Gasteiger partial charge in [0.25, 0.3) is 0 Å². The zero-order chi connectivity index (χ0) is 23.6. The van der Waals surface area contributed by atoms with Crippen molar-refractivity contribution in [3.05, 3.63) is 66.6 Å². The lowest BCUT2D eigenvalue weighted by Crippen LogP contribution is -2.36. The standard InChI is InChI=1S/C23H24FN3O5S/c1-15(26-33(29,30)23-12-19(28)7-10-22(23)31-2)14-32-20-8-9-21-16(11-20)13-25-27(21)18-5-3-17(24)4-6-18/h3-5,7-13,15,18,26,28H,6,14H2,1-2H3/t15-,18?/m0/s1. The molecule has 0 fully saturated rings. The van der Waals surface area contributed by atoms with Crippen LogP contribution in [-0.2, 0) is 10.0 Å². The Morgan fingerprint density at radius 2 is 2.12 bits per heavy atom. The number of hydrogen-bond acceptors (Lipinski definition) is 6. The average molecular weight is 474 g/mol. The third kappa shape index (κ3) is 5.01. The zero-order valence-corrected chi connectivity index (χ0v) is 18.9. The van der Waals surface area contributed by atoms with Gasteiger partial charge in [-0.15, -0.1) is 0 Å². The molecule has 1 unspecified atom stereocenters. The highest BCUT2D eigenvalue weighted by Crippen LogP contribution is 2.29. The molecule has 0 spiro atoms. The summed E-state index contributed by atoms with van der Waals surface area (Å²) < 4.78 is 53.9. The largest absolute Gasteiger partial charge is 0.508 e. The fourth-order valence-electron chi connectivity index (χ4n) is 3.61. The number of fused-ring (bicyclic) bond motifs is 1. The van der Waals surface area contributed by atoms with E-state index >= 15 is 0 Å². The number of aromatic hydroxyl groups is 1. The minimum absolute atomic E-state index is 0.0578. The van der Waals surface area contributed by atoms with Gasteiger partial charge in [0.15, 0.2) is 0 Å². The van der Waals surface area contributed by atoms with Crippen molar-refractivity contribution in [1.82, 2.24) is 14.5 Å². The molecule has 174 valence electrons. The van der Waals surface area contributed by atoms with Gasteiger partial charge in [-0.1, -0.05) is 6.08 Å². The molecule has 8 nitrogen and oxygen atoms in total. The number of ether oxygens (including phenoxy) is 2. The Hall–Kier alpha value is -3.37. The number of nitrogens with zero attached hydrogens (tertiary/aromatic N) is 2. The van der Waals surface area contributed by atoms with Crippen LogP contribution >= 0.6 is 0 Å². The van der Waals surface area contributed by atoms with Gasteiger partial charge in [0, 0.05) is 11.5 Å². The van der Waals surface area contributed by atoms with Crippen molar-refractivity contribution in [3.8, 4) is 17.2 Å². The van der Waals surface area contributed by atoms with Crippen LogP contribution in [-0.4, -0.2) is 43.1 Å². The molecule has 1 aromatic heterocycles. The highest BCUT2D eigenvalue weighted by molar-refractivity contribution is 7.89. The van der Waals surface area contributed by atoms with E-state index in [0.29, 0.717) is 12.2 Å². The SMILES string of the molecule is COc1ccc(O)cc1S(=O)(=O)N[C@@H](C)COc1ccc2c(cnn2C2C=CC(F)=CC2)c1. The van der Waals surface area contributed by atoms with Gasteiger partial charge < -0.3 is 14.6 Å².